The molecule has 0 aromatic rings. The molecule has 5 aliphatic heterocycles. The zero-order valence-corrected chi connectivity index (χ0v) is 29.5. The highest BCUT2D eigenvalue weighted by atomic mass is 16.8. The van der Waals surface area contributed by atoms with Gasteiger partial charge in [-0.1, -0.05) is 0 Å². The van der Waals surface area contributed by atoms with Crippen LogP contribution in [0.2, 0.25) is 0 Å². The van der Waals surface area contributed by atoms with Crippen molar-refractivity contribution in [3.63, 3.8) is 0 Å². The van der Waals surface area contributed by atoms with E-state index in [4.69, 9.17) is 42.6 Å². The van der Waals surface area contributed by atoms with Gasteiger partial charge in [0.2, 0.25) is 23.1 Å². The van der Waals surface area contributed by atoms with Gasteiger partial charge in [0.25, 0.3) is 0 Å². The van der Waals surface area contributed by atoms with Crippen LogP contribution < -0.4 is 0 Å². The molecule has 56 heavy (non-hydrogen) atoms. The monoisotopic (exact) mass is 828 g/mol. The summed E-state index contributed by atoms with van der Waals surface area (Å²) in [5, 5.41) is 176. The first-order chi connectivity index (χ1) is 26.4. The Kier molecular flexibility index (Phi) is 14.7. The van der Waals surface area contributed by atoms with Crippen molar-refractivity contribution in [1.29, 1.82) is 0 Å². The molecule has 26 heteroatoms. The quantitative estimate of drug-likeness (QED) is 0.0647. The standard InChI is InChI=1S/C30H52O26/c31-1-10-16(38)22(44)27(6-35,52-10)49-8-29(24(46)18(40)12(3-33)54-29)48-5-14-15(37)20(42)21(43)26(51-14)56-30(25(47)19(41)13(4-34)55-30)9-50-28(7-36)23(45)17(39)11(2-32)53-28/h10-26,31-47H,1-9H2/t10-,11-,12-,13-,14-,15-,16-,17-,18-,19-,20+,21-,22+,23+,24+,25+,26+,27-,28-,29-,30+/m1/s1. The molecule has 5 aliphatic rings. The second kappa shape index (κ2) is 17.9. The molecular formula is C30H52O26. The Hall–Kier alpha value is -1.04. The minimum atomic E-state index is -2.74. The Morgan fingerprint density at radius 2 is 0.732 bits per heavy atom. The van der Waals surface area contributed by atoms with Gasteiger partial charge in [-0.25, -0.2) is 0 Å². The second-order valence-corrected chi connectivity index (χ2v) is 14.2. The van der Waals surface area contributed by atoms with E-state index in [2.05, 4.69) is 0 Å². The fraction of sp³-hybridized carbons (Fsp3) is 1.00. The summed E-state index contributed by atoms with van der Waals surface area (Å²) in [4.78, 5) is 0. The maximum Gasteiger partial charge on any atom is 0.224 e. The van der Waals surface area contributed by atoms with Crippen molar-refractivity contribution < 1.29 is 129 Å². The molecule has 328 valence electrons. The molecule has 21 atom stereocenters. The van der Waals surface area contributed by atoms with E-state index in [1.165, 1.54) is 0 Å². The fourth-order valence-electron chi connectivity index (χ4n) is 7.16. The number of rotatable bonds is 17. The number of ether oxygens (including phenoxy) is 9. The summed E-state index contributed by atoms with van der Waals surface area (Å²) in [6.45, 7) is -9.08. The Labute approximate surface area is 316 Å². The molecule has 5 rings (SSSR count). The van der Waals surface area contributed by atoms with Crippen molar-refractivity contribution in [2.75, 3.05) is 59.5 Å². The smallest absolute Gasteiger partial charge is 0.224 e. The zero-order chi connectivity index (χ0) is 41.5. The predicted octanol–water partition coefficient (Wildman–Crippen LogP) is -11.9. The van der Waals surface area contributed by atoms with Crippen molar-refractivity contribution in [3.05, 3.63) is 0 Å². The Morgan fingerprint density at radius 3 is 1.12 bits per heavy atom. The highest BCUT2D eigenvalue weighted by Crippen LogP contribution is 2.42. The molecule has 5 saturated heterocycles. The lowest BCUT2D eigenvalue weighted by Crippen LogP contribution is -2.64. The minimum absolute atomic E-state index is 0.829. The lowest BCUT2D eigenvalue weighted by atomic mass is 9.98. The third-order valence-electron chi connectivity index (χ3n) is 10.7. The average Bonchev–Trinajstić information content (AvgIpc) is 3.80. The van der Waals surface area contributed by atoms with E-state index in [0.717, 1.165) is 0 Å². The summed E-state index contributed by atoms with van der Waals surface area (Å²) < 4.78 is 50.0. The van der Waals surface area contributed by atoms with E-state index in [1.54, 1.807) is 0 Å². The van der Waals surface area contributed by atoms with Crippen LogP contribution in [-0.4, -0.2) is 273 Å². The first-order valence-corrected chi connectivity index (χ1v) is 17.5. The van der Waals surface area contributed by atoms with Crippen LogP contribution >= 0.6 is 0 Å². The van der Waals surface area contributed by atoms with Crippen LogP contribution in [0.4, 0.5) is 0 Å². The molecule has 5 fully saturated rings. The van der Waals surface area contributed by atoms with Crippen LogP contribution in [0.3, 0.4) is 0 Å². The first-order valence-electron chi connectivity index (χ1n) is 17.5. The van der Waals surface area contributed by atoms with E-state index >= 15 is 0 Å². The van der Waals surface area contributed by atoms with Crippen LogP contribution in [0.15, 0.2) is 0 Å². The third kappa shape index (κ3) is 7.97. The largest absolute Gasteiger partial charge is 0.394 e. The van der Waals surface area contributed by atoms with Gasteiger partial charge in [0.1, 0.15) is 124 Å². The summed E-state index contributed by atoms with van der Waals surface area (Å²) >= 11 is 0. The lowest BCUT2D eigenvalue weighted by molar-refractivity contribution is -0.404. The van der Waals surface area contributed by atoms with Gasteiger partial charge in [0.05, 0.1) is 33.0 Å². The Bertz CT molecular complexity index is 1270. The Balaban J connectivity index is 1.38. The molecule has 0 aliphatic carbocycles. The summed E-state index contributed by atoms with van der Waals surface area (Å²) in [7, 11) is 0. The molecule has 0 aromatic heterocycles. The van der Waals surface area contributed by atoms with Crippen LogP contribution in [-0.2, 0) is 42.6 Å². The SMILES string of the molecule is OC[C@H]1O[C@@](CO)(OC[C@@]2(OC[C@H]3O[C@@H](O[C@]4(CO[C@]5(CO)O[C@H](CO)[C@@H](O)[C@@H]5O)O[C@H](CO)[C@@H](O)[C@@H]4O)[C@H](O)[C@@H](O)[C@@H]3O)O[C@H](CO)[C@@H](O)[C@@H]2O)[C@@H](O)[C@@H]1O. The molecule has 0 saturated carbocycles. The van der Waals surface area contributed by atoms with Crippen LogP contribution in [0, 0.1) is 0 Å². The van der Waals surface area contributed by atoms with Crippen molar-refractivity contribution in [3.8, 4) is 0 Å². The fourth-order valence-corrected chi connectivity index (χ4v) is 7.16. The van der Waals surface area contributed by atoms with Gasteiger partial charge in [-0.15, -0.1) is 0 Å². The van der Waals surface area contributed by atoms with Gasteiger partial charge in [0.15, 0.2) is 6.29 Å². The van der Waals surface area contributed by atoms with Gasteiger partial charge in [-0.05, 0) is 0 Å². The zero-order valence-electron chi connectivity index (χ0n) is 29.5. The summed E-state index contributed by atoms with van der Waals surface area (Å²) in [5.74, 6) is -10.3. The average molecular weight is 829 g/mol. The Morgan fingerprint density at radius 1 is 0.375 bits per heavy atom. The first kappa shape index (κ1) is 46.0. The number of aliphatic hydroxyl groups is 17. The van der Waals surface area contributed by atoms with Crippen molar-refractivity contribution in [2.24, 2.45) is 0 Å². The number of hydrogen-bond acceptors (Lipinski definition) is 26. The van der Waals surface area contributed by atoms with E-state index in [1.807, 2.05) is 0 Å². The number of hydrogen-bond donors (Lipinski definition) is 17. The molecule has 0 bridgehead atoms. The van der Waals surface area contributed by atoms with Crippen LogP contribution in [0.5, 0.6) is 0 Å². The van der Waals surface area contributed by atoms with Crippen molar-refractivity contribution in [2.45, 2.75) is 127 Å². The molecular weight excluding hydrogens is 776 g/mol. The van der Waals surface area contributed by atoms with E-state index < -0.39 is 187 Å². The second-order valence-electron chi connectivity index (χ2n) is 14.2. The topological polar surface area (TPSA) is 427 Å². The van der Waals surface area contributed by atoms with Gasteiger partial charge in [0, 0.05) is 0 Å². The molecule has 0 spiro atoms. The molecule has 0 aromatic carbocycles. The lowest BCUT2D eigenvalue weighted by Gasteiger charge is -2.45. The molecule has 0 amide bonds. The van der Waals surface area contributed by atoms with E-state index in [9.17, 15) is 86.8 Å². The minimum Gasteiger partial charge on any atom is -0.394 e. The van der Waals surface area contributed by atoms with Crippen LogP contribution in [0.1, 0.15) is 0 Å². The maximum absolute atomic E-state index is 11.1. The molecule has 17 N–H and O–H groups in total. The summed E-state index contributed by atoms with van der Waals surface area (Å²) in [6, 6.07) is 0. The normalized spacial score (nSPS) is 52.3. The van der Waals surface area contributed by atoms with Gasteiger partial charge < -0.3 is 129 Å². The van der Waals surface area contributed by atoms with Crippen LogP contribution in [0.25, 0.3) is 0 Å². The molecule has 0 unspecified atom stereocenters. The molecule has 0 radical (unpaired) electrons. The van der Waals surface area contributed by atoms with Crippen molar-refractivity contribution in [1.82, 2.24) is 0 Å². The van der Waals surface area contributed by atoms with E-state index in [-0.39, 0.29) is 0 Å². The number of aliphatic hydroxyl groups excluding tert-OH is 17. The summed E-state index contributed by atoms with van der Waals surface area (Å²) in [5.41, 5.74) is 0. The van der Waals surface area contributed by atoms with Gasteiger partial charge in [-0.2, -0.15) is 0 Å². The maximum atomic E-state index is 11.1. The predicted molar refractivity (Wildman–Crippen MR) is 167 cm³/mol. The molecule has 5 heterocycles. The highest BCUT2D eigenvalue weighted by molar-refractivity contribution is 5.03. The third-order valence-corrected chi connectivity index (χ3v) is 10.7. The van der Waals surface area contributed by atoms with Gasteiger partial charge in [-0.3, -0.25) is 0 Å². The van der Waals surface area contributed by atoms with Gasteiger partial charge >= 0.3 is 0 Å². The molecule has 26 nitrogen and oxygen atoms in total. The highest BCUT2D eigenvalue weighted by Gasteiger charge is 2.64. The summed E-state index contributed by atoms with van der Waals surface area (Å²) in [6.07, 6.45) is -32.4. The van der Waals surface area contributed by atoms with Crippen molar-refractivity contribution >= 4 is 0 Å². The van der Waals surface area contributed by atoms with E-state index in [0.29, 0.717) is 0 Å².